The lowest BCUT2D eigenvalue weighted by Gasteiger charge is -2.33. The van der Waals surface area contributed by atoms with Crippen LogP contribution in [0.5, 0.6) is 0 Å². The smallest absolute Gasteiger partial charge is 0.380 e. The van der Waals surface area contributed by atoms with Crippen LogP contribution in [0.3, 0.4) is 0 Å². The van der Waals surface area contributed by atoms with Crippen molar-refractivity contribution >= 4 is 35.0 Å². The van der Waals surface area contributed by atoms with Gasteiger partial charge in [-0.3, -0.25) is 9.78 Å². The summed E-state index contributed by atoms with van der Waals surface area (Å²) >= 11 is 7.79. The van der Waals surface area contributed by atoms with Crippen molar-refractivity contribution < 1.29 is 18.0 Å². The van der Waals surface area contributed by atoms with Crippen molar-refractivity contribution in [3.8, 4) is 0 Å². The van der Waals surface area contributed by atoms with Crippen LogP contribution in [-0.4, -0.2) is 46.6 Å². The summed E-state index contributed by atoms with van der Waals surface area (Å²) in [4.78, 5) is 17.7. The second kappa shape index (κ2) is 9.51. The minimum absolute atomic E-state index is 0.128. The Bertz CT molecular complexity index is 964. The molecule has 1 saturated heterocycles. The van der Waals surface area contributed by atoms with Crippen molar-refractivity contribution in [2.75, 3.05) is 23.9 Å². The standard InChI is InChI=1S/C23H25ClF3N3OS/c1-30(22(31)14-6-8-32-9-7-14)21(23(25,26)27)20-5-4-18(13-28-20)29-19-11-15-2-3-17(24)10-16(15)12-19/h2-5,10,13-14,19,21,29H,6-9,11-12H2,1H3/t19-,21?/m1/s1. The molecule has 1 aliphatic heterocycles. The number of nitrogens with zero attached hydrogens (tertiary/aromatic N) is 2. The number of carbonyl (C=O) groups excluding carboxylic acids is 1. The SMILES string of the molecule is CN(C(=O)C1CCSCC1)C(c1ccc(N[C@@H]2Cc3ccc(Cl)cc3C2)cn1)C(F)(F)F. The zero-order valence-electron chi connectivity index (χ0n) is 17.7. The monoisotopic (exact) mass is 483 g/mol. The molecule has 0 saturated carbocycles. The van der Waals surface area contributed by atoms with E-state index in [0.29, 0.717) is 23.6 Å². The van der Waals surface area contributed by atoms with Gasteiger partial charge in [-0.2, -0.15) is 24.9 Å². The third-order valence-corrected chi connectivity index (χ3v) is 7.44. The average Bonchev–Trinajstić information content (AvgIpc) is 3.15. The van der Waals surface area contributed by atoms with Crippen LogP contribution in [0.4, 0.5) is 18.9 Å². The van der Waals surface area contributed by atoms with Gasteiger partial charge in [0.2, 0.25) is 5.91 Å². The third-order valence-electron chi connectivity index (χ3n) is 6.15. The number of carbonyl (C=O) groups is 1. The van der Waals surface area contributed by atoms with Crippen molar-refractivity contribution in [1.82, 2.24) is 9.88 Å². The van der Waals surface area contributed by atoms with Crippen molar-refractivity contribution in [2.24, 2.45) is 5.92 Å². The van der Waals surface area contributed by atoms with Crippen LogP contribution in [0.25, 0.3) is 0 Å². The van der Waals surface area contributed by atoms with Crippen LogP contribution in [0.1, 0.15) is 35.7 Å². The summed E-state index contributed by atoms with van der Waals surface area (Å²) in [5.74, 6) is 0.789. The summed E-state index contributed by atoms with van der Waals surface area (Å²) in [6.45, 7) is 0. The van der Waals surface area contributed by atoms with Gasteiger partial charge in [0, 0.05) is 24.0 Å². The molecule has 1 aliphatic carbocycles. The highest BCUT2D eigenvalue weighted by atomic mass is 35.5. The van der Waals surface area contributed by atoms with Crippen molar-refractivity contribution in [3.63, 3.8) is 0 Å². The summed E-state index contributed by atoms with van der Waals surface area (Å²) < 4.78 is 41.8. The Morgan fingerprint density at radius 3 is 2.56 bits per heavy atom. The van der Waals surface area contributed by atoms with E-state index in [1.165, 1.54) is 30.4 Å². The summed E-state index contributed by atoms with van der Waals surface area (Å²) in [7, 11) is 1.23. The number of anilines is 1. The van der Waals surface area contributed by atoms with E-state index in [9.17, 15) is 18.0 Å². The predicted molar refractivity (Wildman–Crippen MR) is 122 cm³/mol. The topological polar surface area (TPSA) is 45.2 Å². The molecule has 2 heterocycles. The number of pyridine rings is 1. The molecule has 9 heteroatoms. The molecule has 2 aliphatic rings. The Hall–Kier alpha value is -1.93. The fourth-order valence-corrected chi connectivity index (χ4v) is 5.82. The first-order chi connectivity index (χ1) is 15.2. The van der Waals surface area contributed by atoms with E-state index < -0.39 is 18.1 Å². The molecule has 0 spiro atoms. The second-order valence-corrected chi connectivity index (χ2v) is 10.1. The molecule has 172 valence electrons. The molecule has 1 fully saturated rings. The molecular weight excluding hydrogens is 459 g/mol. The highest BCUT2D eigenvalue weighted by molar-refractivity contribution is 7.99. The molecular formula is C23H25ClF3N3OS. The van der Waals surface area contributed by atoms with Gasteiger partial charge in [-0.25, -0.2) is 0 Å². The number of alkyl halides is 3. The van der Waals surface area contributed by atoms with Gasteiger partial charge in [-0.15, -0.1) is 0 Å². The Balaban J connectivity index is 1.46. The highest BCUT2D eigenvalue weighted by Crippen LogP contribution is 2.38. The van der Waals surface area contributed by atoms with Crippen LogP contribution < -0.4 is 5.32 Å². The van der Waals surface area contributed by atoms with Crippen molar-refractivity contribution in [1.29, 1.82) is 0 Å². The van der Waals surface area contributed by atoms with E-state index in [-0.39, 0.29) is 17.7 Å². The van der Waals surface area contributed by atoms with Gasteiger partial charge in [-0.05, 0) is 72.6 Å². The summed E-state index contributed by atoms with van der Waals surface area (Å²) in [6.07, 6.45) is -0.356. The van der Waals surface area contributed by atoms with E-state index in [2.05, 4.69) is 10.3 Å². The number of hydrogen-bond acceptors (Lipinski definition) is 4. The Kier molecular flexibility index (Phi) is 6.91. The van der Waals surface area contributed by atoms with Crippen LogP contribution in [0, 0.1) is 5.92 Å². The van der Waals surface area contributed by atoms with Crippen LogP contribution >= 0.6 is 23.4 Å². The molecule has 4 nitrogen and oxygen atoms in total. The maximum atomic E-state index is 13.9. The number of rotatable bonds is 5. The van der Waals surface area contributed by atoms with Crippen molar-refractivity contribution in [2.45, 2.75) is 43.9 Å². The Morgan fingerprint density at radius 2 is 1.91 bits per heavy atom. The number of halogens is 4. The molecule has 0 bridgehead atoms. The van der Waals surface area contributed by atoms with Gasteiger partial charge in [0.1, 0.15) is 0 Å². The number of fused-ring (bicyclic) bond motifs is 1. The van der Waals surface area contributed by atoms with Gasteiger partial charge in [0.05, 0.1) is 17.6 Å². The lowest BCUT2D eigenvalue weighted by molar-refractivity contribution is -0.191. The quantitative estimate of drug-likeness (QED) is 0.608. The number of hydrogen-bond donors (Lipinski definition) is 1. The number of nitrogens with one attached hydrogen (secondary N) is 1. The summed E-state index contributed by atoms with van der Waals surface area (Å²) in [6, 6.07) is 6.85. The summed E-state index contributed by atoms with van der Waals surface area (Å²) in [5, 5.41) is 4.04. The minimum atomic E-state index is -4.61. The predicted octanol–water partition coefficient (Wildman–Crippen LogP) is 5.52. The van der Waals surface area contributed by atoms with E-state index in [1.54, 1.807) is 17.8 Å². The summed E-state index contributed by atoms with van der Waals surface area (Å²) in [5.41, 5.74) is 2.87. The molecule has 1 N–H and O–H groups in total. The second-order valence-electron chi connectivity index (χ2n) is 8.41. The number of benzene rings is 1. The number of thioether (sulfide) groups is 1. The Labute approximate surface area is 194 Å². The van der Waals surface area contributed by atoms with Gasteiger partial charge < -0.3 is 10.2 Å². The largest absolute Gasteiger partial charge is 0.414 e. The highest BCUT2D eigenvalue weighted by Gasteiger charge is 2.47. The number of aromatic nitrogens is 1. The normalized spacial score (nSPS) is 20.0. The van der Waals surface area contributed by atoms with Crippen molar-refractivity contribution in [3.05, 3.63) is 58.4 Å². The third kappa shape index (κ3) is 5.17. The lowest BCUT2D eigenvalue weighted by Crippen LogP contribution is -2.43. The van der Waals surface area contributed by atoms with Gasteiger partial charge in [0.15, 0.2) is 6.04 Å². The van der Waals surface area contributed by atoms with Crippen LogP contribution in [-0.2, 0) is 17.6 Å². The zero-order valence-corrected chi connectivity index (χ0v) is 19.2. The van der Waals surface area contributed by atoms with Gasteiger partial charge >= 0.3 is 6.18 Å². The lowest BCUT2D eigenvalue weighted by atomic mass is 9.99. The number of amides is 1. The molecule has 1 aromatic heterocycles. The molecule has 1 aromatic carbocycles. The average molecular weight is 484 g/mol. The Morgan fingerprint density at radius 1 is 1.19 bits per heavy atom. The first-order valence-electron chi connectivity index (χ1n) is 10.6. The maximum Gasteiger partial charge on any atom is 0.414 e. The molecule has 4 rings (SSSR count). The zero-order chi connectivity index (χ0) is 22.9. The first-order valence-corrected chi connectivity index (χ1v) is 12.2. The van der Waals surface area contributed by atoms with Gasteiger partial charge in [-0.1, -0.05) is 17.7 Å². The van der Waals surface area contributed by atoms with E-state index in [4.69, 9.17) is 11.6 Å². The molecule has 0 radical (unpaired) electrons. The van der Waals surface area contributed by atoms with Gasteiger partial charge in [0.25, 0.3) is 0 Å². The molecule has 1 amide bonds. The maximum absolute atomic E-state index is 13.9. The molecule has 2 aromatic rings. The van der Waals surface area contributed by atoms with E-state index >= 15 is 0 Å². The minimum Gasteiger partial charge on any atom is -0.380 e. The fraction of sp³-hybridized carbons (Fsp3) is 0.478. The van der Waals surface area contributed by atoms with E-state index in [1.807, 2.05) is 18.2 Å². The molecule has 32 heavy (non-hydrogen) atoms. The fourth-order valence-electron chi connectivity index (χ4n) is 4.52. The van der Waals surface area contributed by atoms with Crippen LogP contribution in [0.15, 0.2) is 36.5 Å². The molecule has 2 atom stereocenters. The first kappa shape index (κ1) is 23.2. The van der Waals surface area contributed by atoms with Crippen LogP contribution in [0.2, 0.25) is 5.02 Å². The van der Waals surface area contributed by atoms with E-state index in [0.717, 1.165) is 29.2 Å². The molecule has 1 unspecified atom stereocenters.